The van der Waals surface area contributed by atoms with Gasteiger partial charge >= 0.3 is 0 Å². The van der Waals surface area contributed by atoms with Gasteiger partial charge in [0.25, 0.3) is 0 Å². The van der Waals surface area contributed by atoms with Crippen molar-refractivity contribution >= 4 is 17.8 Å². The van der Waals surface area contributed by atoms with Gasteiger partial charge in [-0.25, -0.2) is 0 Å². The molecule has 0 aromatic heterocycles. The minimum Gasteiger partial charge on any atom is -0.296 e. The Morgan fingerprint density at radius 3 is 2.13 bits per heavy atom. The molecule has 0 bridgehead atoms. The summed E-state index contributed by atoms with van der Waals surface area (Å²) in [6, 6.07) is 0. The van der Waals surface area contributed by atoms with Crippen molar-refractivity contribution in [2.75, 3.05) is 0 Å². The summed E-state index contributed by atoms with van der Waals surface area (Å²) in [5, 5.41) is 12.0. The van der Waals surface area contributed by atoms with E-state index in [9.17, 15) is 9.59 Å². The molecular weight excluding hydrogens is 194 g/mol. The molecule has 0 saturated carbocycles. The first-order valence-corrected chi connectivity index (χ1v) is 5.28. The summed E-state index contributed by atoms with van der Waals surface area (Å²) in [7, 11) is 0. The Balaban J connectivity index is 2.89. The van der Waals surface area contributed by atoms with Crippen molar-refractivity contribution in [3.8, 4) is 0 Å². The maximum atomic E-state index is 11.8. The lowest BCUT2D eigenvalue weighted by Crippen LogP contribution is -2.62. The van der Waals surface area contributed by atoms with E-state index in [-0.39, 0.29) is 17.8 Å². The second-order valence-corrected chi connectivity index (χ2v) is 3.82. The van der Waals surface area contributed by atoms with E-state index in [4.69, 9.17) is 5.41 Å². The maximum absolute atomic E-state index is 11.8. The molecule has 0 aromatic carbocycles. The van der Waals surface area contributed by atoms with Gasteiger partial charge in [-0.1, -0.05) is 26.7 Å². The zero-order valence-electron chi connectivity index (χ0n) is 9.14. The van der Waals surface area contributed by atoms with Crippen LogP contribution < -0.4 is 10.6 Å². The van der Waals surface area contributed by atoms with E-state index in [0.717, 1.165) is 12.8 Å². The number of carbonyl (C=O) groups is 2. The topological polar surface area (TPSA) is 82.1 Å². The largest absolute Gasteiger partial charge is 0.296 e. The van der Waals surface area contributed by atoms with Crippen molar-refractivity contribution in [1.82, 2.24) is 10.6 Å². The monoisotopic (exact) mass is 211 g/mol. The van der Waals surface area contributed by atoms with Crippen molar-refractivity contribution in [1.29, 1.82) is 5.41 Å². The number of amides is 2. The van der Waals surface area contributed by atoms with Gasteiger partial charge in [0.1, 0.15) is 5.41 Å². The van der Waals surface area contributed by atoms with E-state index >= 15 is 0 Å². The van der Waals surface area contributed by atoms with Crippen LogP contribution in [0, 0.1) is 10.8 Å². The van der Waals surface area contributed by atoms with Crippen molar-refractivity contribution in [3.63, 3.8) is 0 Å². The van der Waals surface area contributed by atoms with Crippen LogP contribution in [0.3, 0.4) is 0 Å². The Labute approximate surface area is 89.1 Å². The van der Waals surface area contributed by atoms with Crippen LogP contribution in [-0.2, 0) is 9.59 Å². The third-order valence-electron chi connectivity index (χ3n) is 2.91. The Kier molecular flexibility index (Phi) is 3.44. The molecule has 1 saturated heterocycles. The lowest BCUT2D eigenvalue weighted by molar-refractivity contribution is -0.144. The second-order valence-electron chi connectivity index (χ2n) is 3.82. The van der Waals surface area contributed by atoms with Crippen molar-refractivity contribution in [2.45, 2.75) is 39.5 Å². The van der Waals surface area contributed by atoms with Gasteiger partial charge in [0, 0.05) is 0 Å². The number of nitrogens with one attached hydrogen (secondary N) is 3. The van der Waals surface area contributed by atoms with Gasteiger partial charge in [0.15, 0.2) is 0 Å². The van der Waals surface area contributed by atoms with Crippen molar-refractivity contribution < 1.29 is 9.59 Å². The minimum absolute atomic E-state index is 0.217. The molecule has 0 aromatic rings. The molecule has 0 spiro atoms. The van der Waals surface area contributed by atoms with Gasteiger partial charge in [-0.2, -0.15) is 0 Å². The summed E-state index contributed by atoms with van der Waals surface area (Å²) in [6.07, 6.45) is 2.80. The van der Waals surface area contributed by atoms with E-state index in [0.29, 0.717) is 12.8 Å². The molecule has 1 fully saturated rings. The van der Waals surface area contributed by atoms with E-state index < -0.39 is 5.41 Å². The van der Waals surface area contributed by atoms with Crippen LogP contribution in [0.5, 0.6) is 0 Å². The predicted molar refractivity (Wildman–Crippen MR) is 56.3 cm³/mol. The first-order valence-electron chi connectivity index (χ1n) is 5.28. The highest BCUT2D eigenvalue weighted by atomic mass is 16.2. The van der Waals surface area contributed by atoms with Crippen molar-refractivity contribution in [2.24, 2.45) is 5.41 Å². The summed E-state index contributed by atoms with van der Waals surface area (Å²) >= 11 is 0. The predicted octanol–water partition coefficient (Wildman–Crippen LogP) is 0.754. The molecule has 3 N–H and O–H groups in total. The highest BCUT2D eigenvalue weighted by Crippen LogP contribution is 2.31. The van der Waals surface area contributed by atoms with Gasteiger partial charge in [0.05, 0.1) is 0 Å². The number of hydrogen-bond donors (Lipinski definition) is 3. The highest BCUT2D eigenvalue weighted by molar-refractivity contribution is 6.19. The summed E-state index contributed by atoms with van der Waals surface area (Å²) in [4.78, 5) is 23.5. The SMILES string of the molecule is CCCCC1(CC)C(=O)NC(=N)NC1=O. The van der Waals surface area contributed by atoms with Crippen LogP contribution >= 0.6 is 0 Å². The fraction of sp³-hybridized carbons (Fsp3) is 0.700. The van der Waals surface area contributed by atoms with Crippen LogP contribution in [0.4, 0.5) is 0 Å². The van der Waals surface area contributed by atoms with Gasteiger partial charge < -0.3 is 0 Å². The minimum atomic E-state index is -0.972. The zero-order valence-corrected chi connectivity index (χ0v) is 9.14. The zero-order chi connectivity index (χ0) is 11.5. The molecule has 0 unspecified atom stereocenters. The maximum Gasteiger partial charge on any atom is 0.242 e. The Morgan fingerprint density at radius 2 is 1.73 bits per heavy atom. The molecular formula is C10H17N3O2. The van der Waals surface area contributed by atoms with Crippen LogP contribution in [0.1, 0.15) is 39.5 Å². The van der Waals surface area contributed by atoms with Gasteiger partial charge in [-0.15, -0.1) is 0 Å². The van der Waals surface area contributed by atoms with Gasteiger partial charge in [-0.05, 0) is 12.8 Å². The molecule has 1 aliphatic heterocycles. The average molecular weight is 211 g/mol. The highest BCUT2D eigenvalue weighted by Gasteiger charge is 2.47. The molecule has 5 nitrogen and oxygen atoms in total. The Morgan fingerprint density at radius 1 is 1.20 bits per heavy atom. The normalized spacial score (nSPS) is 26.1. The molecule has 1 aliphatic rings. The number of carbonyl (C=O) groups excluding carboxylic acids is 2. The van der Waals surface area contributed by atoms with E-state index in [1.54, 1.807) is 0 Å². The first-order chi connectivity index (χ1) is 7.06. The molecule has 5 heteroatoms. The molecule has 0 aliphatic carbocycles. The number of hydrogen-bond acceptors (Lipinski definition) is 3. The van der Waals surface area contributed by atoms with Crippen LogP contribution in [-0.4, -0.2) is 17.8 Å². The third-order valence-corrected chi connectivity index (χ3v) is 2.91. The molecule has 84 valence electrons. The Bertz CT molecular complexity index is 279. The molecule has 1 rings (SSSR count). The molecule has 0 atom stereocenters. The second kappa shape index (κ2) is 4.42. The molecule has 0 radical (unpaired) electrons. The van der Waals surface area contributed by atoms with Gasteiger partial charge in [-0.3, -0.25) is 25.6 Å². The smallest absolute Gasteiger partial charge is 0.242 e. The average Bonchev–Trinajstić information content (AvgIpc) is 2.17. The summed E-state index contributed by atoms with van der Waals surface area (Å²) < 4.78 is 0. The fourth-order valence-electron chi connectivity index (χ4n) is 1.80. The van der Waals surface area contributed by atoms with Crippen molar-refractivity contribution in [3.05, 3.63) is 0 Å². The van der Waals surface area contributed by atoms with Crippen LogP contribution in [0.15, 0.2) is 0 Å². The number of unbranched alkanes of at least 4 members (excludes halogenated alkanes) is 1. The molecule has 2 amide bonds. The standard InChI is InChI=1S/C10H17N3O2/c1-3-5-6-10(4-2)7(14)12-9(11)13-8(10)15/h3-6H2,1-2H3,(H3,11,12,13,14,15). The number of rotatable bonds is 4. The quantitative estimate of drug-likeness (QED) is 0.600. The summed E-state index contributed by atoms with van der Waals surface area (Å²) in [6.45, 7) is 3.84. The Hall–Kier alpha value is -1.39. The molecule has 15 heavy (non-hydrogen) atoms. The van der Waals surface area contributed by atoms with Gasteiger partial charge in [0.2, 0.25) is 17.8 Å². The lowest BCUT2D eigenvalue weighted by atomic mass is 9.77. The van der Waals surface area contributed by atoms with E-state index in [1.807, 2.05) is 13.8 Å². The first kappa shape index (κ1) is 11.7. The lowest BCUT2D eigenvalue weighted by Gasteiger charge is -2.33. The number of guanidine groups is 1. The molecule has 1 heterocycles. The van der Waals surface area contributed by atoms with Crippen LogP contribution in [0.25, 0.3) is 0 Å². The summed E-state index contributed by atoms with van der Waals surface area (Å²) in [5.41, 5.74) is -0.972. The summed E-state index contributed by atoms with van der Waals surface area (Å²) in [5.74, 6) is -0.898. The third kappa shape index (κ3) is 2.00. The van der Waals surface area contributed by atoms with E-state index in [1.165, 1.54) is 0 Å². The van der Waals surface area contributed by atoms with Crippen LogP contribution in [0.2, 0.25) is 0 Å². The van der Waals surface area contributed by atoms with E-state index in [2.05, 4.69) is 10.6 Å². The fourth-order valence-corrected chi connectivity index (χ4v) is 1.80.